The molecule has 0 fully saturated rings. The Morgan fingerprint density at radius 3 is 2.64 bits per heavy atom. The fourth-order valence-corrected chi connectivity index (χ4v) is 1.85. The van der Waals surface area contributed by atoms with Gasteiger partial charge in [0.2, 0.25) is 5.88 Å². The molecule has 0 radical (unpaired) electrons. The van der Waals surface area contributed by atoms with Gasteiger partial charge in [-0.3, -0.25) is 4.98 Å². The molecule has 3 rings (SSSR count). The van der Waals surface area contributed by atoms with Crippen molar-refractivity contribution in [3.63, 3.8) is 0 Å². The second kappa shape index (κ2) is 6.09. The Morgan fingerprint density at radius 1 is 1.09 bits per heavy atom. The zero-order valence-corrected chi connectivity index (χ0v) is 12.0. The number of nitrogens with zero attached hydrogens (tertiary/aromatic N) is 3. The predicted molar refractivity (Wildman–Crippen MR) is 85.2 cm³/mol. The van der Waals surface area contributed by atoms with E-state index >= 15 is 0 Å². The van der Waals surface area contributed by atoms with Crippen molar-refractivity contribution >= 4 is 17.2 Å². The van der Waals surface area contributed by atoms with Gasteiger partial charge in [0.05, 0.1) is 11.9 Å². The highest BCUT2D eigenvalue weighted by molar-refractivity contribution is 5.72. The summed E-state index contributed by atoms with van der Waals surface area (Å²) in [4.78, 5) is 12.3. The van der Waals surface area contributed by atoms with Crippen molar-refractivity contribution in [3.8, 4) is 11.6 Å². The maximum absolute atomic E-state index is 6.08. The number of nitrogens with one attached hydrogen (secondary N) is 1. The number of hydrogen-bond acceptors (Lipinski definition) is 6. The Morgan fingerprint density at radius 2 is 1.91 bits per heavy atom. The van der Waals surface area contributed by atoms with E-state index in [4.69, 9.17) is 10.5 Å². The molecule has 3 aromatic rings. The summed E-state index contributed by atoms with van der Waals surface area (Å²) in [6.45, 7) is 2.01. The SMILES string of the molecule is Cc1ccc(Oc2ncnc(Nc3cccnc3)c2N)cc1. The average Bonchev–Trinajstić information content (AvgIpc) is 2.54. The lowest BCUT2D eigenvalue weighted by Crippen LogP contribution is -2.03. The lowest BCUT2D eigenvalue weighted by Gasteiger charge is -2.11. The molecule has 6 heteroatoms. The van der Waals surface area contributed by atoms with E-state index in [0.29, 0.717) is 23.1 Å². The summed E-state index contributed by atoms with van der Waals surface area (Å²) in [5, 5.41) is 3.09. The maximum atomic E-state index is 6.08. The van der Waals surface area contributed by atoms with Gasteiger partial charge >= 0.3 is 0 Å². The van der Waals surface area contributed by atoms with Crippen LogP contribution in [0.4, 0.5) is 17.2 Å². The monoisotopic (exact) mass is 293 g/mol. The third-order valence-corrected chi connectivity index (χ3v) is 3.01. The van der Waals surface area contributed by atoms with Gasteiger partial charge in [-0.15, -0.1) is 0 Å². The van der Waals surface area contributed by atoms with Gasteiger partial charge in [-0.25, -0.2) is 4.98 Å². The first kappa shape index (κ1) is 13.8. The Bertz CT molecular complexity index is 759. The van der Waals surface area contributed by atoms with Gasteiger partial charge in [0.1, 0.15) is 17.8 Å². The van der Waals surface area contributed by atoms with E-state index in [0.717, 1.165) is 11.3 Å². The van der Waals surface area contributed by atoms with Gasteiger partial charge in [-0.2, -0.15) is 4.98 Å². The zero-order chi connectivity index (χ0) is 15.4. The van der Waals surface area contributed by atoms with E-state index in [2.05, 4.69) is 20.3 Å². The first-order valence-electron chi connectivity index (χ1n) is 6.74. The van der Waals surface area contributed by atoms with Gasteiger partial charge in [0.15, 0.2) is 5.82 Å². The average molecular weight is 293 g/mol. The number of aryl methyl sites for hydroxylation is 1. The minimum atomic E-state index is 0.310. The zero-order valence-electron chi connectivity index (χ0n) is 12.0. The van der Waals surface area contributed by atoms with Crippen LogP contribution in [0.1, 0.15) is 5.56 Å². The third-order valence-electron chi connectivity index (χ3n) is 3.01. The molecule has 0 saturated heterocycles. The summed E-state index contributed by atoms with van der Waals surface area (Å²) in [5.74, 6) is 1.46. The molecule has 0 bridgehead atoms. The lowest BCUT2D eigenvalue weighted by atomic mass is 10.2. The second-order valence-electron chi connectivity index (χ2n) is 4.72. The molecule has 0 aliphatic heterocycles. The topological polar surface area (TPSA) is 86.0 Å². The molecular formula is C16H15N5O. The number of nitrogens with two attached hydrogens (primary N) is 1. The molecule has 0 aliphatic carbocycles. The number of benzene rings is 1. The largest absolute Gasteiger partial charge is 0.437 e. The van der Waals surface area contributed by atoms with E-state index < -0.39 is 0 Å². The summed E-state index contributed by atoms with van der Waals surface area (Å²) in [6, 6.07) is 11.3. The van der Waals surface area contributed by atoms with Crippen LogP contribution in [0.25, 0.3) is 0 Å². The summed E-state index contributed by atoms with van der Waals surface area (Å²) in [7, 11) is 0. The molecular weight excluding hydrogens is 278 g/mol. The van der Waals surface area contributed by atoms with E-state index in [9.17, 15) is 0 Å². The molecule has 6 nitrogen and oxygen atoms in total. The predicted octanol–water partition coefficient (Wildman–Crippen LogP) is 3.30. The lowest BCUT2D eigenvalue weighted by molar-refractivity contribution is 0.464. The van der Waals surface area contributed by atoms with E-state index in [1.165, 1.54) is 6.33 Å². The fraction of sp³-hybridized carbons (Fsp3) is 0.0625. The van der Waals surface area contributed by atoms with Gasteiger partial charge in [-0.1, -0.05) is 17.7 Å². The first-order chi connectivity index (χ1) is 10.7. The van der Waals surface area contributed by atoms with Crippen LogP contribution in [-0.4, -0.2) is 15.0 Å². The molecule has 0 unspecified atom stereocenters. The number of anilines is 3. The molecule has 2 heterocycles. The molecule has 2 aromatic heterocycles. The third kappa shape index (κ3) is 3.12. The number of aromatic nitrogens is 3. The molecule has 0 amide bonds. The quantitative estimate of drug-likeness (QED) is 0.767. The molecule has 0 spiro atoms. The van der Waals surface area contributed by atoms with Crippen molar-refractivity contribution in [1.29, 1.82) is 0 Å². The van der Waals surface area contributed by atoms with Crippen molar-refractivity contribution < 1.29 is 4.74 Å². The highest BCUT2D eigenvalue weighted by atomic mass is 16.5. The normalized spacial score (nSPS) is 10.2. The second-order valence-corrected chi connectivity index (χ2v) is 4.72. The van der Waals surface area contributed by atoms with Crippen molar-refractivity contribution in [2.75, 3.05) is 11.1 Å². The summed E-state index contributed by atoms with van der Waals surface area (Å²) in [5.41, 5.74) is 8.36. The van der Waals surface area contributed by atoms with Crippen LogP contribution < -0.4 is 15.8 Å². The molecule has 22 heavy (non-hydrogen) atoms. The van der Waals surface area contributed by atoms with E-state index in [-0.39, 0.29) is 0 Å². The van der Waals surface area contributed by atoms with Crippen molar-refractivity contribution in [1.82, 2.24) is 15.0 Å². The number of nitrogen functional groups attached to an aromatic ring is 1. The maximum Gasteiger partial charge on any atom is 0.248 e. The molecule has 0 atom stereocenters. The van der Waals surface area contributed by atoms with Gasteiger partial charge in [0, 0.05) is 6.20 Å². The summed E-state index contributed by atoms with van der Waals surface area (Å²) < 4.78 is 5.71. The van der Waals surface area contributed by atoms with E-state index in [1.54, 1.807) is 12.4 Å². The van der Waals surface area contributed by atoms with Crippen LogP contribution in [0.15, 0.2) is 55.1 Å². The van der Waals surface area contributed by atoms with Crippen LogP contribution >= 0.6 is 0 Å². The highest BCUT2D eigenvalue weighted by Gasteiger charge is 2.10. The van der Waals surface area contributed by atoms with Crippen molar-refractivity contribution in [2.24, 2.45) is 0 Å². The standard InChI is InChI=1S/C16H15N5O/c1-11-4-6-13(7-5-11)22-16-14(17)15(19-10-20-16)21-12-3-2-8-18-9-12/h2-10H,17H2,1H3,(H,19,20,21). The van der Waals surface area contributed by atoms with Gasteiger partial charge in [0.25, 0.3) is 0 Å². The van der Waals surface area contributed by atoms with Crippen LogP contribution in [0, 0.1) is 6.92 Å². The Kier molecular flexibility index (Phi) is 3.82. The van der Waals surface area contributed by atoms with Crippen LogP contribution in [0.3, 0.4) is 0 Å². The van der Waals surface area contributed by atoms with E-state index in [1.807, 2.05) is 43.3 Å². The fourth-order valence-electron chi connectivity index (χ4n) is 1.85. The number of hydrogen-bond donors (Lipinski definition) is 2. The van der Waals surface area contributed by atoms with Crippen molar-refractivity contribution in [2.45, 2.75) is 6.92 Å². The number of ether oxygens (including phenoxy) is 1. The first-order valence-corrected chi connectivity index (χ1v) is 6.74. The van der Waals surface area contributed by atoms with Gasteiger partial charge < -0.3 is 15.8 Å². The minimum Gasteiger partial charge on any atom is -0.437 e. The molecule has 3 N–H and O–H groups in total. The van der Waals surface area contributed by atoms with Crippen LogP contribution in [0.5, 0.6) is 11.6 Å². The summed E-state index contributed by atoms with van der Waals surface area (Å²) >= 11 is 0. The number of pyridine rings is 1. The number of rotatable bonds is 4. The Labute approximate surface area is 128 Å². The Balaban J connectivity index is 1.84. The summed E-state index contributed by atoms with van der Waals surface area (Å²) in [6.07, 6.45) is 4.78. The minimum absolute atomic E-state index is 0.310. The van der Waals surface area contributed by atoms with Crippen molar-refractivity contribution in [3.05, 3.63) is 60.7 Å². The van der Waals surface area contributed by atoms with Crippen LogP contribution in [0.2, 0.25) is 0 Å². The smallest absolute Gasteiger partial charge is 0.248 e. The molecule has 1 aromatic carbocycles. The van der Waals surface area contributed by atoms with Crippen LogP contribution in [-0.2, 0) is 0 Å². The molecule has 0 saturated carbocycles. The molecule has 0 aliphatic rings. The Hall–Kier alpha value is -3.15. The van der Waals surface area contributed by atoms with Gasteiger partial charge in [-0.05, 0) is 31.2 Å². The highest BCUT2D eigenvalue weighted by Crippen LogP contribution is 2.30. The molecule has 110 valence electrons.